The van der Waals surface area contributed by atoms with Gasteiger partial charge in [0.2, 0.25) is 0 Å². The largest absolute Gasteiger partial charge is 0.471 e. The molecule has 4 rings (SSSR count). The van der Waals surface area contributed by atoms with E-state index in [4.69, 9.17) is 16.3 Å². The number of hydrogen-bond donors (Lipinski definition) is 1. The van der Waals surface area contributed by atoms with Gasteiger partial charge in [-0.15, -0.1) is 0 Å². The maximum absolute atomic E-state index is 6.18. The Morgan fingerprint density at radius 1 is 1.00 bits per heavy atom. The van der Waals surface area contributed by atoms with E-state index in [1.54, 1.807) is 0 Å². The van der Waals surface area contributed by atoms with Gasteiger partial charge in [-0.1, -0.05) is 54.1 Å². The molecule has 0 aromatic heterocycles. The first-order chi connectivity index (χ1) is 10.7. The summed E-state index contributed by atoms with van der Waals surface area (Å²) in [6, 6.07) is 20.6. The fraction of sp³-hybridized carbons (Fsp3) is 0.158. The van der Waals surface area contributed by atoms with Crippen LogP contribution >= 0.6 is 11.6 Å². The molecule has 3 aromatic rings. The van der Waals surface area contributed by atoms with Crippen molar-refractivity contribution in [2.24, 2.45) is 0 Å². The van der Waals surface area contributed by atoms with Crippen LogP contribution in [0.3, 0.4) is 0 Å². The van der Waals surface area contributed by atoms with Gasteiger partial charge in [-0.2, -0.15) is 0 Å². The molecule has 1 heterocycles. The van der Waals surface area contributed by atoms with E-state index in [2.05, 4.69) is 48.6 Å². The Morgan fingerprint density at radius 3 is 2.73 bits per heavy atom. The molecule has 1 aliphatic heterocycles. The molecule has 0 unspecified atom stereocenters. The Hall–Kier alpha value is -2.03. The molecule has 0 saturated carbocycles. The SMILES string of the molecule is C[C@H]1N[C@@H](c2cccc(Cl)c2)Oc2ccc3ccccc3c21. The molecule has 2 nitrogen and oxygen atoms in total. The average Bonchev–Trinajstić information content (AvgIpc) is 2.54. The number of fused-ring (bicyclic) bond motifs is 3. The Morgan fingerprint density at radius 2 is 1.86 bits per heavy atom. The van der Waals surface area contributed by atoms with Crippen LogP contribution in [-0.2, 0) is 0 Å². The van der Waals surface area contributed by atoms with Gasteiger partial charge < -0.3 is 4.74 Å². The average molecular weight is 310 g/mol. The third-order valence-electron chi connectivity index (χ3n) is 4.16. The van der Waals surface area contributed by atoms with Gasteiger partial charge in [-0.3, -0.25) is 5.32 Å². The van der Waals surface area contributed by atoms with Crippen LogP contribution in [0, 0.1) is 0 Å². The fourth-order valence-corrected chi connectivity index (χ4v) is 3.33. The van der Waals surface area contributed by atoms with E-state index in [0.717, 1.165) is 16.3 Å². The summed E-state index contributed by atoms with van der Waals surface area (Å²) in [4.78, 5) is 0. The monoisotopic (exact) mass is 309 g/mol. The highest BCUT2D eigenvalue weighted by Crippen LogP contribution is 2.39. The van der Waals surface area contributed by atoms with Crippen LogP contribution < -0.4 is 10.1 Å². The predicted molar refractivity (Wildman–Crippen MR) is 90.3 cm³/mol. The summed E-state index contributed by atoms with van der Waals surface area (Å²) in [5.74, 6) is 0.940. The maximum Gasteiger partial charge on any atom is 0.177 e. The number of rotatable bonds is 1. The highest BCUT2D eigenvalue weighted by Gasteiger charge is 2.27. The van der Waals surface area contributed by atoms with Crippen LogP contribution in [-0.4, -0.2) is 0 Å². The highest BCUT2D eigenvalue weighted by molar-refractivity contribution is 6.30. The van der Waals surface area contributed by atoms with Crippen molar-refractivity contribution in [3.63, 3.8) is 0 Å². The zero-order valence-corrected chi connectivity index (χ0v) is 13.0. The van der Waals surface area contributed by atoms with Gasteiger partial charge >= 0.3 is 0 Å². The topological polar surface area (TPSA) is 21.3 Å². The molecule has 110 valence electrons. The first-order valence-corrected chi connectivity index (χ1v) is 7.80. The number of halogens is 1. The van der Waals surface area contributed by atoms with Crippen LogP contribution in [0.15, 0.2) is 60.7 Å². The van der Waals surface area contributed by atoms with Crippen molar-refractivity contribution in [2.75, 3.05) is 0 Å². The number of ether oxygens (including phenoxy) is 1. The van der Waals surface area contributed by atoms with Crippen molar-refractivity contribution in [1.29, 1.82) is 0 Å². The zero-order chi connectivity index (χ0) is 15.1. The quantitative estimate of drug-likeness (QED) is 0.664. The standard InChI is InChI=1S/C19H16ClNO/c1-12-18-16-8-3-2-5-13(16)9-10-17(18)22-19(21-12)14-6-4-7-15(20)11-14/h2-12,19,21H,1H3/t12-,19-/m1/s1. The molecule has 0 aliphatic carbocycles. The van der Waals surface area contributed by atoms with E-state index in [1.165, 1.54) is 16.3 Å². The summed E-state index contributed by atoms with van der Waals surface area (Å²) in [7, 11) is 0. The van der Waals surface area contributed by atoms with Crippen LogP contribution in [0.1, 0.15) is 30.3 Å². The van der Waals surface area contributed by atoms with Crippen molar-refractivity contribution in [3.8, 4) is 5.75 Å². The van der Waals surface area contributed by atoms with Crippen LogP contribution in [0.25, 0.3) is 10.8 Å². The van der Waals surface area contributed by atoms with Crippen molar-refractivity contribution < 1.29 is 4.74 Å². The molecular weight excluding hydrogens is 294 g/mol. The van der Waals surface area contributed by atoms with Gasteiger partial charge in [0.15, 0.2) is 6.23 Å². The Kier molecular flexibility index (Phi) is 3.29. The highest BCUT2D eigenvalue weighted by atomic mass is 35.5. The second-order valence-electron chi connectivity index (χ2n) is 5.64. The molecule has 0 spiro atoms. The second-order valence-corrected chi connectivity index (χ2v) is 6.08. The van der Waals surface area contributed by atoms with Crippen molar-refractivity contribution >= 4 is 22.4 Å². The Bertz CT molecular complexity index is 846. The minimum Gasteiger partial charge on any atom is -0.471 e. The van der Waals surface area contributed by atoms with E-state index in [0.29, 0.717) is 0 Å². The summed E-state index contributed by atoms with van der Waals surface area (Å²) in [5, 5.41) is 6.73. The van der Waals surface area contributed by atoms with Crippen LogP contribution in [0.2, 0.25) is 5.02 Å². The normalized spacial score (nSPS) is 20.5. The molecular formula is C19H16ClNO. The van der Waals surface area contributed by atoms with E-state index in [9.17, 15) is 0 Å². The first kappa shape index (κ1) is 13.6. The summed E-state index contributed by atoms with van der Waals surface area (Å²) in [6.07, 6.45) is -0.178. The Labute approximate surface area is 134 Å². The molecule has 0 fully saturated rings. The molecule has 0 radical (unpaired) electrons. The predicted octanol–water partition coefficient (Wildman–Crippen LogP) is 5.24. The van der Waals surface area contributed by atoms with Gasteiger partial charge in [-0.05, 0) is 35.9 Å². The van der Waals surface area contributed by atoms with Gasteiger partial charge in [-0.25, -0.2) is 0 Å². The third kappa shape index (κ3) is 2.25. The number of nitrogens with one attached hydrogen (secondary N) is 1. The molecule has 3 aromatic carbocycles. The van der Waals surface area contributed by atoms with E-state index >= 15 is 0 Å². The summed E-state index contributed by atoms with van der Waals surface area (Å²) < 4.78 is 6.18. The van der Waals surface area contributed by atoms with E-state index in [1.807, 2.05) is 24.3 Å². The molecule has 22 heavy (non-hydrogen) atoms. The number of hydrogen-bond acceptors (Lipinski definition) is 2. The van der Waals surface area contributed by atoms with Crippen LogP contribution in [0.5, 0.6) is 5.75 Å². The lowest BCUT2D eigenvalue weighted by atomic mass is 9.96. The van der Waals surface area contributed by atoms with Gasteiger partial charge in [0, 0.05) is 22.2 Å². The first-order valence-electron chi connectivity index (χ1n) is 7.42. The van der Waals surface area contributed by atoms with E-state index in [-0.39, 0.29) is 12.3 Å². The molecule has 0 saturated heterocycles. The van der Waals surface area contributed by atoms with Gasteiger partial charge in [0.05, 0.1) is 0 Å². The van der Waals surface area contributed by atoms with Crippen molar-refractivity contribution in [3.05, 3.63) is 76.8 Å². The summed E-state index contributed by atoms with van der Waals surface area (Å²) in [5.41, 5.74) is 2.26. The lowest BCUT2D eigenvalue weighted by Gasteiger charge is -2.33. The second kappa shape index (κ2) is 5.31. The number of benzene rings is 3. The lowest BCUT2D eigenvalue weighted by molar-refractivity contribution is 0.129. The molecule has 1 aliphatic rings. The zero-order valence-electron chi connectivity index (χ0n) is 12.2. The molecule has 3 heteroatoms. The maximum atomic E-state index is 6.18. The smallest absolute Gasteiger partial charge is 0.177 e. The van der Waals surface area contributed by atoms with Gasteiger partial charge in [0.25, 0.3) is 0 Å². The third-order valence-corrected chi connectivity index (χ3v) is 4.40. The van der Waals surface area contributed by atoms with Gasteiger partial charge in [0.1, 0.15) is 5.75 Å². The molecule has 0 amide bonds. The van der Waals surface area contributed by atoms with Crippen LogP contribution in [0.4, 0.5) is 0 Å². The molecule has 1 N–H and O–H groups in total. The minimum absolute atomic E-state index is 0.178. The summed E-state index contributed by atoms with van der Waals surface area (Å²) >= 11 is 6.10. The summed E-state index contributed by atoms with van der Waals surface area (Å²) in [6.45, 7) is 2.17. The van der Waals surface area contributed by atoms with Crippen molar-refractivity contribution in [1.82, 2.24) is 5.32 Å². The Balaban J connectivity index is 1.79. The molecule has 0 bridgehead atoms. The fourth-order valence-electron chi connectivity index (χ4n) is 3.13. The lowest BCUT2D eigenvalue weighted by Crippen LogP contribution is -2.33. The minimum atomic E-state index is -0.178. The van der Waals surface area contributed by atoms with Crippen molar-refractivity contribution in [2.45, 2.75) is 19.2 Å². The van der Waals surface area contributed by atoms with E-state index < -0.39 is 0 Å². The molecule has 2 atom stereocenters.